The van der Waals surface area contributed by atoms with E-state index in [1.807, 2.05) is 13.1 Å². The number of nitrogens with zero attached hydrogens (tertiary/aromatic N) is 2. The zero-order valence-corrected chi connectivity index (χ0v) is 9.77. The van der Waals surface area contributed by atoms with Crippen LogP contribution in [0.2, 0.25) is 0 Å². The van der Waals surface area contributed by atoms with Crippen molar-refractivity contribution in [2.45, 2.75) is 6.92 Å². The summed E-state index contributed by atoms with van der Waals surface area (Å²) in [6.07, 6.45) is 3.64. The van der Waals surface area contributed by atoms with Gasteiger partial charge >= 0.3 is 0 Å². The summed E-state index contributed by atoms with van der Waals surface area (Å²) >= 11 is 0. The van der Waals surface area contributed by atoms with Gasteiger partial charge in [0, 0.05) is 18.8 Å². The Morgan fingerprint density at radius 3 is 2.76 bits per heavy atom. The maximum Gasteiger partial charge on any atom is 0.251 e. The number of rotatable bonds is 2. The summed E-state index contributed by atoms with van der Waals surface area (Å²) in [5.41, 5.74) is 8.80. The number of carbonyl (C=O) groups excluding carboxylic acids is 1. The minimum absolute atomic E-state index is 0.153. The molecule has 2 rings (SSSR count). The number of aromatic nitrogens is 2. The molecule has 17 heavy (non-hydrogen) atoms. The Kier molecular flexibility index (Phi) is 2.82. The Morgan fingerprint density at radius 1 is 1.47 bits per heavy atom. The summed E-state index contributed by atoms with van der Waals surface area (Å²) in [5, 5.41) is 6.73. The average Bonchev–Trinajstić information content (AvgIpc) is 2.74. The van der Waals surface area contributed by atoms with Crippen LogP contribution < -0.4 is 11.1 Å². The molecule has 5 nitrogen and oxygen atoms in total. The van der Waals surface area contributed by atoms with Crippen LogP contribution in [-0.4, -0.2) is 22.7 Å². The van der Waals surface area contributed by atoms with Gasteiger partial charge in [-0.2, -0.15) is 5.10 Å². The zero-order chi connectivity index (χ0) is 12.4. The largest absolute Gasteiger partial charge is 0.397 e. The highest BCUT2D eigenvalue weighted by molar-refractivity contribution is 5.95. The first-order chi connectivity index (χ1) is 8.11. The Labute approximate surface area is 99.2 Å². The minimum Gasteiger partial charge on any atom is -0.397 e. The van der Waals surface area contributed by atoms with Crippen molar-refractivity contribution in [2.75, 3.05) is 12.8 Å². The molecule has 0 atom stereocenters. The fourth-order valence-electron chi connectivity index (χ4n) is 1.59. The third kappa shape index (κ3) is 2.13. The topological polar surface area (TPSA) is 72.9 Å². The van der Waals surface area contributed by atoms with Gasteiger partial charge in [-0.3, -0.25) is 4.79 Å². The van der Waals surface area contributed by atoms with Gasteiger partial charge in [0.2, 0.25) is 0 Å². The van der Waals surface area contributed by atoms with E-state index in [9.17, 15) is 4.79 Å². The molecule has 2 aromatic rings. The molecule has 1 aromatic carbocycles. The number of carbonyl (C=O) groups is 1. The molecule has 0 radical (unpaired) electrons. The summed E-state index contributed by atoms with van der Waals surface area (Å²) in [5.74, 6) is -0.153. The van der Waals surface area contributed by atoms with Crippen LogP contribution >= 0.6 is 0 Å². The number of anilines is 1. The molecule has 0 spiro atoms. The summed E-state index contributed by atoms with van der Waals surface area (Å²) in [7, 11) is 1.59. The van der Waals surface area contributed by atoms with Crippen LogP contribution in [0.5, 0.6) is 0 Å². The van der Waals surface area contributed by atoms with Gasteiger partial charge in [0.15, 0.2) is 0 Å². The van der Waals surface area contributed by atoms with Crippen LogP contribution in [0.25, 0.3) is 5.69 Å². The number of hydrogen-bond donors (Lipinski definition) is 2. The second-order valence-electron chi connectivity index (χ2n) is 3.81. The van der Waals surface area contributed by atoms with Gasteiger partial charge in [0.05, 0.1) is 17.6 Å². The molecular weight excluding hydrogens is 216 g/mol. The first-order valence-electron chi connectivity index (χ1n) is 5.25. The number of nitrogen functional groups attached to an aromatic ring is 1. The van der Waals surface area contributed by atoms with Gasteiger partial charge in [-0.1, -0.05) is 0 Å². The summed E-state index contributed by atoms with van der Waals surface area (Å²) in [6, 6.07) is 5.15. The molecule has 1 heterocycles. The highest BCUT2D eigenvalue weighted by atomic mass is 16.1. The highest BCUT2D eigenvalue weighted by Crippen LogP contribution is 2.18. The smallest absolute Gasteiger partial charge is 0.251 e. The van der Waals surface area contributed by atoms with E-state index in [0.717, 1.165) is 11.3 Å². The van der Waals surface area contributed by atoms with Crippen LogP contribution in [0.4, 0.5) is 5.69 Å². The Morgan fingerprint density at radius 2 is 2.24 bits per heavy atom. The molecule has 0 unspecified atom stereocenters. The molecule has 0 bridgehead atoms. The van der Waals surface area contributed by atoms with E-state index in [1.165, 1.54) is 0 Å². The lowest BCUT2D eigenvalue weighted by molar-refractivity contribution is 0.0963. The number of amides is 1. The van der Waals surface area contributed by atoms with E-state index < -0.39 is 0 Å². The third-order valence-corrected chi connectivity index (χ3v) is 2.48. The lowest BCUT2D eigenvalue weighted by Gasteiger charge is -2.07. The SMILES string of the molecule is CNC(=O)c1ccc(-n2cc(C)cn2)c(N)c1. The minimum atomic E-state index is -0.153. The zero-order valence-electron chi connectivity index (χ0n) is 9.77. The van der Waals surface area contributed by atoms with Crippen LogP contribution in [0.3, 0.4) is 0 Å². The van der Waals surface area contributed by atoms with Crippen LogP contribution in [-0.2, 0) is 0 Å². The van der Waals surface area contributed by atoms with Crippen molar-refractivity contribution >= 4 is 11.6 Å². The summed E-state index contributed by atoms with van der Waals surface area (Å²) < 4.78 is 1.69. The normalized spacial score (nSPS) is 10.2. The lowest BCUT2D eigenvalue weighted by atomic mass is 10.1. The monoisotopic (exact) mass is 230 g/mol. The van der Waals surface area contributed by atoms with Crippen molar-refractivity contribution in [3.05, 3.63) is 41.7 Å². The van der Waals surface area contributed by atoms with Crippen LogP contribution in [0, 0.1) is 6.92 Å². The molecule has 0 aliphatic heterocycles. The molecule has 0 saturated carbocycles. The van der Waals surface area contributed by atoms with E-state index in [0.29, 0.717) is 11.3 Å². The summed E-state index contributed by atoms with van der Waals surface area (Å²) in [4.78, 5) is 11.4. The molecule has 3 N–H and O–H groups in total. The second kappa shape index (κ2) is 4.29. The summed E-state index contributed by atoms with van der Waals surface area (Å²) in [6.45, 7) is 1.96. The lowest BCUT2D eigenvalue weighted by Crippen LogP contribution is -2.18. The fourth-order valence-corrected chi connectivity index (χ4v) is 1.59. The van der Waals surface area contributed by atoms with Crippen molar-refractivity contribution < 1.29 is 4.79 Å². The predicted octanol–water partition coefficient (Wildman–Crippen LogP) is 1.12. The number of nitrogens with two attached hydrogens (primary N) is 1. The highest BCUT2D eigenvalue weighted by Gasteiger charge is 2.08. The molecule has 0 aliphatic carbocycles. The van der Waals surface area contributed by atoms with E-state index in [-0.39, 0.29) is 5.91 Å². The first-order valence-corrected chi connectivity index (χ1v) is 5.25. The third-order valence-electron chi connectivity index (χ3n) is 2.48. The Bertz CT molecular complexity index is 559. The van der Waals surface area contributed by atoms with Crippen LogP contribution in [0.1, 0.15) is 15.9 Å². The number of nitrogens with one attached hydrogen (secondary N) is 1. The number of benzene rings is 1. The van der Waals surface area contributed by atoms with Crippen molar-refractivity contribution in [3.8, 4) is 5.69 Å². The first kappa shape index (κ1) is 11.2. The van der Waals surface area contributed by atoms with E-state index in [4.69, 9.17) is 5.73 Å². The van der Waals surface area contributed by atoms with Crippen LogP contribution in [0.15, 0.2) is 30.6 Å². The van der Waals surface area contributed by atoms with E-state index >= 15 is 0 Å². The quantitative estimate of drug-likeness (QED) is 0.759. The maximum absolute atomic E-state index is 11.4. The molecule has 0 aliphatic rings. The van der Waals surface area contributed by atoms with Crippen molar-refractivity contribution in [1.29, 1.82) is 0 Å². The van der Waals surface area contributed by atoms with Crippen molar-refractivity contribution in [2.24, 2.45) is 0 Å². The Balaban J connectivity index is 2.41. The molecular formula is C12H14N4O. The van der Waals surface area contributed by atoms with Gasteiger partial charge < -0.3 is 11.1 Å². The van der Waals surface area contributed by atoms with Crippen molar-refractivity contribution in [3.63, 3.8) is 0 Å². The molecule has 1 aromatic heterocycles. The number of aryl methyl sites for hydroxylation is 1. The van der Waals surface area contributed by atoms with E-state index in [2.05, 4.69) is 10.4 Å². The fraction of sp³-hybridized carbons (Fsp3) is 0.167. The van der Waals surface area contributed by atoms with Gasteiger partial charge in [0.25, 0.3) is 5.91 Å². The second-order valence-corrected chi connectivity index (χ2v) is 3.81. The van der Waals surface area contributed by atoms with Gasteiger partial charge in [-0.25, -0.2) is 4.68 Å². The Hall–Kier alpha value is -2.30. The van der Waals surface area contributed by atoms with Gasteiger partial charge in [-0.15, -0.1) is 0 Å². The maximum atomic E-state index is 11.4. The standard InChI is InChI=1S/C12H14N4O/c1-8-6-15-16(7-8)11-4-3-9(5-10(11)13)12(17)14-2/h3-7H,13H2,1-2H3,(H,14,17). The predicted molar refractivity (Wildman–Crippen MR) is 66.1 cm³/mol. The average molecular weight is 230 g/mol. The van der Waals surface area contributed by atoms with Gasteiger partial charge in [0.1, 0.15) is 0 Å². The van der Waals surface area contributed by atoms with E-state index in [1.54, 1.807) is 36.1 Å². The molecule has 5 heteroatoms. The molecule has 1 amide bonds. The molecule has 0 fully saturated rings. The van der Waals surface area contributed by atoms with Gasteiger partial charge in [-0.05, 0) is 30.7 Å². The molecule has 0 saturated heterocycles. The van der Waals surface area contributed by atoms with Crippen molar-refractivity contribution in [1.82, 2.24) is 15.1 Å². The number of hydrogen-bond acceptors (Lipinski definition) is 3. The molecule has 88 valence electrons.